The Morgan fingerprint density at radius 1 is 0.950 bits per heavy atom. The molecular weight excluding hydrogens is 566 g/mol. The molecule has 8 nitrogen and oxygen atoms in total. The van der Waals surface area contributed by atoms with Crippen molar-refractivity contribution < 1.29 is 58.9 Å². The molecule has 3 aromatic carbocycles. The number of nitrogens with one attached hydrogen (secondary N) is 2. The molecule has 0 saturated carbocycles. The van der Waals surface area contributed by atoms with Gasteiger partial charge in [0.05, 0.1) is 27.6 Å². The number of hydrogen-bond acceptors (Lipinski definition) is 5. The van der Waals surface area contributed by atoms with E-state index in [0.717, 1.165) is 17.5 Å². The van der Waals surface area contributed by atoms with Crippen molar-refractivity contribution in [1.82, 2.24) is 5.32 Å². The molecule has 1 atom stereocenters. The van der Waals surface area contributed by atoms with Gasteiger partial charge in [0, 0.05) is 17.3 Å². The zero-order chi connectivity index (χ0) is 28.1. The molecule has 0 aliphatic heterocycles. The number of hydrogen-bond donors (Lipinski definition) is 3. The molecule has 0 aromatic heterocycles. The van der Waals surface area contributed by atoms with Crippen molar-refractivity contribution in [2.45, 2.75) is 31.7 Å². The molecule has 0 bridgehead atoms. The van der Waals surface area contributed by atoms with E-state index < -0.39 is 29.8 Å². The third-order valence-corrected chi connectivity index (χ3v) is 6.96. The SMILES string of the molecule is O=C(O)/C=C1\CCCc2cc(C(=O)N[C@@H](Cc3ccc(NC(=O)c4c(Cl)cccc4Cl)cc3)C(=O)[O-])ccc21.[Na+]. The van der Waals surface area contributed by atoms with Gasteiger partial charge >= 0.3 is 35.5 Å². The van der Waals surface area contributed by atoms with Crippen molar-refractivity contribution >= 4 is 58.2 Å². The monoisotopic (exact) mass is 588 g/mol. The predicted octanol–water partition coefficient (Wildman–Crippen LogP) is 1.15. The first kappa shape index (κ1) is 31.4. The van der Waals surface area contributed by atoms with Crippen molar-refractivity contribution in [3.05, 3.63) is 105 Å². The number of amides is 2. The maximum atomic E-state index is 12.9. The summed E-state index contributed by atoms with van der Waals surface area (Å²) in [5.41, 5.74) is 3.75. The van der Waals surface area contributed by atoms with Gasteiger partial charge in [-0.1, -0.05) is 47.5 Å². The molecule has 0 saturated heterocycles. The standard InChI is InChI=1S/C29H24Cl2N2O6.Na/c30-22-5-2-6-23(31)26(22)28(37)32-20-10-7-16(8-11-20)13-24(29(38)39)33-27(36)19-9-12-21-17(14-19)3-1-4-18(21)15-25(34)35;/h2,5-12,14-15,24H,1,3-4,13H2,(H,32,37)(H,33,36)(H,34,35)(H,38,39);/q;+1/p-1/b18-15+;/t24-;/m0./s1. The predicted molar refractivity (Wildman–Crippen MR) is 146 cm³/mol. The number of carbonyl (C=O) groups is 4. The van der Waals surface area contributed by atoms with Crippen LogP contribution in [0.5, 0.6) is 0 Å². The van der Waals surface area contributed by atoms with Gasteiger partial charge in [0.1, 0.15) is 0 Å². The minimum absolute atomic E-state index is 0. The summed E-state index contributed by atoms with van der Waals surface area (Å²) in [6.07, 6.45) is 3.19. The number of aliphatic carboxylic acids is 2. The van der Waals surface area contributed by atoms with Crippen molar-refractivity contribution in [2.24, 2.45) is 0 Å². The molecule has 200 valence electrons. The number of carboxylic acids is 2. The summed E-state index contributed by atoms with van der Waals surface area (Å²) in [5, 5.41) is 26.5. The quantitative estimate of drug-likeness (QED) is 0.267. The first-order valence-corrected chi connectivity index (χ1v) is 12.8. The molecule has 0 unspecified atom stereocenters. The third-order valence-electron chi connectivity index (χ3n) is 6.33. The number of halogens is 2. The van der Waals surface area contributed by atoms with Crippen LogP contribution in [0.2, 0.25) is 10.0 Å². The molecule has 1 aliphatic carbocycles. The molecule has 1 aliphatic rings. The van der Waals surface area contributed by atoms with Crippen LogP contribution in [0.25, 0.3) is 5.57 Å². The number of anilines is 1. The fourth-order valence-corrected chi connectivity index (χ4v) is 5.03. The fourth-order valence-electron chi connectivity index (χ4n) is 4.46. The molecule has 0 spiro atoms. The van der Waals surface area contributed by atoms with Crippen LogP contribution in [0.3, 0.4) is 0 Å². The summed E-state index contributed by atoms with van der Waals surface area (Å²) < 4.78 is 0. The number of rotatable bonds is 8. The summed E-state index contributed by atoms with van der Waals surface area (Å²) in [5.74, 6) is -3.55. The zero-order valence-corrected chi connectivity index (χ0v) is 25.0. The van der Waals surface area contributed by atoms with E-state index in [0.29, 0.717) is 29.7 Å². The summed E-state index contributed by atoms with van der Waals surface area (Å²) in [6.45, 7) is 0. The Kier molecular flexibility index (Phi) is 11.0. The van der Waals surface area contributed by atoms with E-state index in [1.165, 1.54) is 6.08 Å². The van der Waals surface area contributed by atoms with Crippen molar-refractivity contribution in [1.29, 1.82) is 0 Å². The van der Waals surface area contributed by atoms with E-state index in [1.54, 1.807) is 60.7 Å². The van der Waals surface area contributed by atoms with Gasteiger partial charge in [0.2, 0.25) is 0 Å². The summed E-state index contributed by atoms with van der Waals surface area (Å²) in [7, 11) is 0. The number of benzene rings is 3. The van der Waals surface area contributed by atoms with Gasteiger partial charge in [-0.15, -0.1) is 0 Å². The third kappa shape index (κ3) is 7.74. The number of fused-ring (bicyclic) bond motifs is 1. The Balaban J connectivity index is 0.00000441. The number of aryl methyl sites for hydroxylation is 1. The van der Waals surface area contributed by atoms with Crippen LogP contribution in [0, 0.1) is 0 Å². The molecule has 0 fully saturated rings. The summed E-state index contributed by atoms with van der Waals surface area (Å²) in [6, 6.07) is 14.8. The average molecular weight is 589 g/mol. The van der Waals surface area contributed by atoms with Crippen molar-refractivity contribution in [3.8, 4) is 0 Å². The Labute approximate surface area is 262 Å². The number of carboxylic acid groups (broad SMARTS) is 2. The van der Waals surface area contributed by atoms with E-state index >= 15 is 0 Å². The van der Waals surface area contributed by atoms with Crippen LogP contribution in [0.4, 0.5) is 5.69 Å². The fraction of sp³-hybridized carbons (Fsp3) is 0.172. The minimum Gasteiger partial charge on any atom is -0.548 e. The molecular formula is C29H23Cl2N2NaO6. The normalized spacial score (nSPS) is 13.9. The largest absolute Gasteiger partial charge is 1.00 e. The molecule has 0 radical (unpaired) electrons. The van der Waals surface area contributed by atoms with E-state index in [9.17, 15) is 24.3 Å². The first-order chi connectivity index (χ1) is 18.6. The average Bonchev–Trinajstić information content (AvgIpc) is 2.88. The van der Waals surface area contributed by atoms with Crippen LogP contribution >= 0.6 is 23.2 Å². The number of allylic oxidation sites excluding steroid dienone is 1. The molecule has 4 rings (SSSR count). The van der Waals surface area contributed by atoms with E-state index in [-0.39, 0.29) is 57.2 Å². The molecule has 3 N–H and O–H groups in total. The van der Waals surface area contributed by atoms with Gasteiger partial charge in [-0.2, -0.15) is 0 Å². The van der Waals surface area contributed by atoms with Crippen LogP contribution in [0.1, 0.15) is 50.2 Å². The Morgan fingerprint density at radius 2 is 1.62 bits per heavy atom. The van der Waals surface area contributed by atoms with Crippen LogP contribution in [-0.2, 0) is 22.4 Å². The topological polar surface area (TPSA) is 136 Å². The smallest absolute Gasteiger partial charge is 0.548 e. The second kappa shape index (κ2) is 14.0. The van der Waals surface area contributed by atoms with Crippen molar-refractivity contribution in [2.75, 3.05) is 5.32 Å². The first-order valence-electron chi connectivity index (χ1n) is 12.0. The number of carbonyl (C=O) groups excluding carboxylic acids is 3. The maximum Gasteiger partial charge on any atom is 1.00 e. The van der Waals surface area contributed by atoms with E-state index in [4.69, 9.17) is 28.3 Å². The summed E-state index contributed by atoms with van der Waals surface area (Å²) >= 11 is 12.2. The van der Waals surface area contributed by atoms with E-state index in [2.05, 4.69) is 10.6 Å². The van der Waals surface area contributed by atoms with Gasteiger partial charge in [0.15, 0.2) is 0 Å². The van der Waals surface area contributed by atoms with Gasteiger partial charge in [0.25, 0.3) is 11.8 Å². The van der Waals surface area contributed by atoms with E-state index in [1.807, 2.05) is 0 Å². The van der Waals surface area contributed by atoms with Gasteiger partial charge < -0.3 is 25.6 Å². The van der Waals surface area contributed by atoms with Crippen molar-refractivity contribution in [3.63, 3.8) is 0 Å². The molecule has 11 heteroatoms. The zero-order valence-electron chi connectivity index (χ0n) is 21.5. The Hall–Kier alpha value is -3.14. The van der Waals surface area contributed by atoms with Crippen LogP contribution < -0.4 is 45.3 Å². The van der Waals surface area contributed by atoms with Gasteiger partial charge in [-0.3, -0.25) is 9.59 Å². The van der Waals surface area contributed by atoms with Crippen LogP contribution in [-0.4, -0.2) is 34.9 Å². The molecule has 3 aromatic rings. The van der Waals surface area contributed by atoms with Gasteiger partial charge in [-0.25, -0.2) is 4.79 Å². The van der Waals surface area contributed by atoms with Crippen LogP contribution in [0.15, 0.2) is 66.7 Å². The molecule has 40 heavy (non-hydrogen) atoms. The second-order valence-electron chi connectivity index (χ2n) is 9.03. The van der Waals surface area contributed by atoms with Gasteiger partial charge in [-0.05, 0) is 84.3 Å². The maximum absolute atomic E-state index is 12.9. The molecule has 2 amide bonds. The Bertz CT molecular complexity index is 1470. The minimum atomic E-state index is -1.45. The second-order valence-corrected chi connectivity index (χ2v) is 9.84. The Morgan fingerprint density at radius 3 is 2.25 bits per heavy atom. The summed E-state index contributed by atoms with van der Waals surface area (Å²) in [4.78, 5) is 48.4. The molecule has 0 heterocycles.